The molecule has 0 atom stereocenters. The van der Waals surface area contributed by atoms with E-state index in [0.29, 0.717) is 32.7 Å². The minimum Gasteiger partial charge on any atom is -0.337 e. The molecule has 1 saturated carbocycles. The van der Waals surface area contributed by atoms with Gasteiger partial charge in [0, 0.05) is 57.8 Å². The summed E-state index contributed by atoms with van der Waals surface area (Å²) in [5, 5.41) is 11.0. The first-order valence-electron chi connectivity index (χ1n) is 11.3. The normalized spacial score (nSPS) is 17.3. The van der Waals surface area contributed by atoms with Crippen molar-refractivity contribution in [3.8, 4) is 0 Å². The highest BCUT2D eigenvalue weighted by Gasteiger charge is 2.34. The molecule has 0 unspecified atom stereocenters. The van der Waals surface area contributed by atoms with Crippen LogP contribution in [0.4, 0.5) is 10.1 Å². The number of benzene rings is 2. The maximum absolute atomic E-state index is 13.2. The second kappa shape index (κ2) is 10.6. The molecule has 4 rings (SSSR count). The highest BCUT2D eigenvalue weighted by atomic mass is 35.5. The highest BCUT2D eigenvalue weighted by Crippen LogP contribution is 2.32. The van der Waals surface area contributed by atoms with Crippen molar-refractivity contribution < 1.29 is 22.5 Å². The van der Waals surface area contributed by atoms with Crippen molar-refractivity contribution in [2.45, 2.75) is 24.3 Å². The molecule has 1 amide bonds. The van der Waals surface area contributed by atoms with Crippen LogP contribution in [0.1, 0.15) is 18.4 Å². The molecule has 1 heterocycles. The van der Waals surface area contributed by atoms with E-state index >= 15 is 0 Å². The SMILES string of the molecule is O=C(C1CC1)N(CCN1CCN(S(=O)(=O)c2ccc(Cl)c([N+](=O)[O-])c2)CC1)Cc1ccc(F)cc1. The summed E-state index contributed by atoms with van der Waals surface area (Å²) in [4.78, 5) is 26.9. The minimum absolute atomic E-state index is 0.0564. The van der Waals surface area contributed by atoms with Crippen LogP contribution in [0.15, 0.2) is 47.4 Å². The van der Waals surface area contributed by atoms with Gasteiger partial charge in [-0.1, -0.05) is 23.7 Å². The molecule has 0 bridgehead atoms. The van der Waals surface area contributed by atoms with Crippen molar-refractivity contribution in [3.05, 3.63) is 69.0 Å². The zero-order valence-electron chi connectivity index (χ0n) is 19.0. The Bertz CT molecular complexity index is 1200. The van der Waals surface area contributed by atoms with Crippen LogP contribution in [0.2, 0.25) is 5.02 Å². The van der Waals surface area contributed by atoms with Gasteiger partial charge in [-0.25, -0.2) is 12.8 Å². The Hall–Kier alpha value is -2.60. The van der Waals surface area contributed by atoms with Gasteiger partial charge in [-0.15, -0.1) is 0 Å². The van der Waals surface area contributed by atoms with E-state index in [1.165, 1.54) is 28.6 Å². The zero-order chi connectivity index (χ0) is 25.2. The lowest BCUT2D eigenvalue weighted by Crippen LogP contribution is -2.50. The fraction of sp³-hybridized carbons (Fsp3) is 0.435. The molecule has 0 radical (unpaired) electrons. The van der Waals surface area contributed by atoms with Crippen LogP contribution in [0.25, 0.3) is 0 Å². The third kappa shape index (κ3) is 6.16. The Morgan fingerprint density at radius 2 is 1.77 bits per heavy atom. The molecule has 0 spiro atoms. The molecule has 2 aliphatic rings. The molecule has 0 N–H and O–H groups in total. The molecule has 0 aromatic heterocycles. The van der Waals surface area contributed by atoms with Crippen LogP contribution in [0, 0.1) is 21.8 Å². The standard InChI is InChI=1S/C23H26ClFN4O5S/c24-21-8-7-20(15-22(21)29(31)32)35(33,34)28-13-10-26(11-14-28)9-12-27(23(30)18-3-4-18)16-17-1-5-19(25)6-2-17/h1-2,5-8,15,18H,3-4,9-14,16H2. The fourth-order valence-corrected chi connectivity index (χ4v) is 5.69. The largest absolute Gasteiger partial charge is 0.337 e. The quantitative estimate of drug-likeness (QED) is 0.369. The second-order valence-electron chi connectivity index (χ2n) is 8.78. The number of hydrogen-bond acceptors (Lipinski definition) is 6. The van der Waals surface area contributed by atoms with Gasteiger partial charge in [0.2, 0.25) is 15.9 Å². The summed E-state index contributed by atoms with van der Waals surface area (Å²) in [7, 11) is -3.90. The molecule has 188 valence electrons. The van der Waals surface area contributed by atoms with E-state index in [9.17, 15) is 27.7 Å². The van der Waals surface area contributed by atoms with Gasteiger partial charge in [-0.2, -0.15) is 4.31 Å². The van der Waals surface area contributed by atoms with Crippen LogP contribution < -0.4 is 0 Å². The number of carbonyl (C=O) groups excluding carboxylic acids is 1. The molecular formula is C23H26ClFN4O5S. The maximum Gasteiger partial charge on any atom is 0.289 e. The number of piperazine rings is 1. The van der Waals surface area contributed by atoms with E-state index in [4.69, 9.17) is 11.6 Å². The van der Waals surface area contributed by atoms with E-state index in [1.807, 2.05) is 0 Å². The van der Waals surface area contributed by atoms with Crippen molar-refractivity contribution in [2.24, 2.45) is 5.92 Å². The van der Waals surface area contributed by atoms with E-state index < -0.39 is 20.6 Å². The smallest absolute Gasteiger partial charge is 0.289 e. The first kappa shape index (κ1) is 25.5. The number of rotatable bonds is 9. The van der Waals surface area contributed by atoms with Crippen molar-refractivity contribution >= 4 is 33.2 Å². The predicted octanol–water partition coefficient (Wildman–Crippen LogP) is 3.13. The maximum atomic E-state index is 13.2. The molecule has 1 aliphatic heterocycles. The molecular weight excluding hydrogens is 499 g/mol. The predicted molar refractivity (Wildman–Crippen MR) is 128 cm³/mol. The lowest BCUT2D eigenvalue weighted by Gasteiger charge is -2.35. The van der Waals surface area contributed by atoms with Crippen LogP contribution in [0.5, 0.6) is 0 Å². The average Bonchev–Trinajstić information content (AvgIpc) is 3.68. The number of halogens is 2. The Kier molecular flexibility index (Phi) is 7.70. The summed E-state index contributed by atoms with van der Waals surface area (Å²) in [6, 6.07) is 9.58. The van der Waals surface area contributed by atoms with Gasteiger partial charge in [-0.3, -0.25) is 19.8 Å². The van der Waals surface area contributed by atoms with Crippen LogP contribution in [0.3, 0.4) is 0 Å². The number of carbonyl (C=O) groups is 1. The van der Waals surface area contributed by atoms with Crippen LogP contribution in [-0.4, -0.2) is 72.6 Å². The molecule has 2 aromatic rings. The lowest BCUT2D eigenvalue weighted by molar-refractivity contribution is -0.384. The van der Waals surface area contributed by atoms with Crippen molar-refractivity contribution in [2.75, 3.05) is 39.3 Å². The Morgan fingerprint density at radius 1 is 1.11 bits per heavy atom. The minimum atomic E-state index is -3.90. The monoisotopic (exact) mass is 524 g/mol. The van der Waals surface area contributed by atoms with Crippen LogP contribution >= 0.6 is 11.6 Å². The summed E-state index contributed by atoms with van der Waals surface area (Å²) in [6.07, 6.45) is 1.77. The number of nitro benzene ring substituents is 1. The molecule has 2 aromatic carbocycles. The third-order valence-corrected chi connectivity index (χ3v) is 8.51. The molecule has 1 aliphatic carbocycles. The molecule has 2 fully saturated rings. The van der Waals surface area contributed by atoms with E-state index in [2.05, 4.69) is 4.90 Å². The first-order valence-corrected chi connectivity index (χ1v) is 13.2. The Morgan fingerprint density at radius 3 is 2.37 bits per heavy atom. The molecule has 9 nitrogen and oxygen atoms in total. The molecule has 1 saturated heterocycles. The van der Waals surface area contributed by atoms with Crippen molar-refractivity contribution in [3.63, 3.8) is 0 Å². The first-order chi connectivity index (χ1) is 16.6. The highest BCUT2D eigenvalue weighted by molar-refractivity contribution is 7.89. The van der Waals surface area contributed by atoms with Gasteiger partial charge in [0.15, 0.2) is 0 Å². The number of hydrogen-bond donors (Lipinski definition) is 0. The van der Waals surface area contributed by atoms with E-state index in [-0.39, 0.29) is 40.6 Å². The topological polar surface area (TPSA) is 104 Å². The number of nitrogens with zero attached hydrogens (tertiary/aromatic N) is 4. The van der Waals surface area contributed by atoms with Gasteiger partial charge >= 0.3 is 0 Å². The van der Waals surface area contributed by atoms with Crippen LogP contribution in [-0.2, 0) is 21.4 Å². The molecule has 35 heavy (non-hydrogen) atoms. The summed E-state index contributed by atoms with van der Waals surface area (Å²) in [5.41, 5.74) is 0.404. The lowest BCUT2D eigenvalue weighted by atomic mass is 10.2. The summed E-state index contributed by atoms with van der Waals surface area (Å²) < 4.78 is 40.6. The van der Waals surface area contributed by atoms with Gasteiger partial charge in [-0.05, 0) is 42.7 Å². The summed E-state index contributed by atoms with van der Waals surface area (Å²) in [5.74, 6) is -0.171. The van der Waals surface area contributed by atoms with Gasteiger partial charge in [0.1, 0.15) is 10.8 Å². The summed E-state index contributed by atoms with van der Waals surface area (Å²) >= 11 is 5.81. The third-order valence-electron chi connectivity index (χ3n) is 6.29. The zero-order valence-corrected chi connectivity index (χ0v) is 20.5. The second-order valence-corrected chi connectivity index (χ2v) is 11.1. The van der Waals surface area contributed by atoms with E-state index in [1.54, 1.807) is 17.0 Å². The van der Waals surface area contributed by atoms with Crippen molar-refractivity contribution in [1.82, 2.24) is 14.1 Å². The average molecular weight is 525 g/mol. The van der Waals surface area contributed by atoms with Crippen molar-refractivity contribution in [1.29, 1.82) is 0 Å². The number of amides is 1. The number of nitro groups is 1. The van der Waals surface area contributed by atoms with Gasteiger partial charge in [0.25, 0.3) is 5.69 Å². The fourth-order valence-electron chi connectivity index (χ4n) is 4.06. The van der Waals surface area contributed by atoms with Gasteiger partial charge in [0.05, 0.1) is 9.82 Å². The number of sulfonamides is 1. The summed E-state index contributed by atoms with van der Waals surface area (Å²) in [6.45, 7) is 2.87. The van der Waals surface area contributed by atoms with E-state index in [0.717, 1.165) is 24.5 Å². The van der Waals surface area contributed by atoms with Gasteiger partial charge < -0.3 is 4.90 Å². The molecule has 12 heteroatoms. The Balaban J connectivity index is 1.35. The Labute approximate surface area is 208 Å².